The largest absolute Gasteiger partial charge is 0.354 e. The van der Waals surface area contributed by atoms with Crippen molar-refractivity contribution >= 4 is 5.82 Å². The van der Waals surface area contributed by atoms with Crippen molar-refractivity contribution in [3.8, 4) is 0 Å². The summed E-state index contributed by atoms with van der Waals surface area (Å²) in [5.74, 6) is 1.11. The highest BCUT2D eigenvalue weighted by atomic mass is 15.2. The van der Waals surface area contributed by atoms with E-state index in [1.54, 1.807) is 0 Å². The molecular weight excluding hydrogens is 210 g/mol. The van der Waals surface area contributed by atoms with Gasteiger partial charge in [-0.05, 0) is 43.9 Å². The standard InChI is InChI=1S/C14H23N3/c1-3-4-9-17(13-5-6-13)14-10-12(11(2)15)7-8-16-14/h7-8,10-11,13H,3-6,9,15H2,1-2H3/t11-/m1/s1. The fourth-order valence-corrected chi connectivity index (χ4v) is 2.07. The number of aromatic nitrogens is 1. The van der Waals surface area contributed by atoms with Crippen molar-refractivity contribution < 1.29 is 0 Å². The first-order chi connectivity index (χ1) is 8.22. The lowest BCUT2D eigenvalue weighted by atomic mass is 10.1. The van der Waals surface area contributed by atoms with E-state index in [9.17, 15) is 0 Å². The number of rotatable bonds is 6. The third-order valence-corrected chi connectivity index (χ3v) is 3.33. The molecule has 1 saturated carbocycles. The molecule has 0 amide bonds. The quantitative estimate of drug-likeness (QED) is 0.821. The second-order valence-corrected chi connectivity index (χ2v) is 5.01. The average Bonchev–Trinajstić information content (AvgIpc) is 3.14. The summed E-state index contributed by atoms with van der Waals surface area (Å²) in [6.07, 6.45) is 6.98. The third-order valence-electron chi connectivity index (χ3n) is 3.33. The van der Waals surface area contributed by atoms with Gasteiger partial charge in [0.15, 0.2) is 0 Å². The van der Waals surface area contributed by atoms with E-state index in [0.717, 1.165) is 18.4 Å². The van der Waals surface area contributed by atoms with Gasteiger partial charge in [0.25, 0.3) is 0 Å². The van der Waals surface area contributed by atoms with Crippen molar-refractivity contribution in [1.29, 1.82) is 0 Å². The molecule has 1 aliphatic rings. The number of hydrogen-bond donors (Lipinski definition) is 1. The van der Waals surface area contributed by atoms with Gasteiger partial charge in [0, 0.05) is 24.8 Å². The maximum Gasteiger partial charge on any atom is 0.129 e. The minimum atomic E-state index is 0.0870. The summed E-state index contributed by atoms with van der Waals surface area (Å²) in [5, 5.41) is 0. The third kappa shape index (κ3) is 3.19. The molecule has 2 rings (SSSR count). The van der Waals surface area contributed by atoms with Gasteiger partial charge in [-0.15, -0.1) is 0 Å². The van der Waals surface area contributed by atoms with E-state index in [1.165, 1.54) is 31.2 Å². The van der Waals surface area contributed by atoms with Crippen LogP contribution in [-0.4, -0.2) is 17.6 Å². The number of anilines is 1. The van der Waals surface area contributed by atoms with Crippen LogP contribution in [-0.2, 0) is 0 Å². The number of hydrogen-bond acceptors (Lipinski definition) is 3. The molecule has 1 fully saturated rings. The maximum atomic E-state index is 5.93. The smallest absolute Gasteiger partial charge is 0.129 e. The van der Waals surface area contributed by atoms with Crippen LogP contribution >= 0.6 is 0 Å². The Balaban J connectivity index is 2.14. The van der Waals surface area contributed by atoms with Crippen LogP contribution in [0.25, 0.3) is 0 Å². The van der Waals surface area contributed by atoms with Crippen molar-refractivity contribution in [2.75, 3.05) is 11.4 Å². The van der Waals surface area contributed by atoms with Gasteiger partial charge in [0.1, 0.15) is 5.82 Å². The predicted molar refractivity (Wildman–Crippen MR) is 72.1 cm³/mol. The van der Waals surface area contributed by atoms with Crippen molar-refractivity contribution in [2.24, 2.45) is 5.73 Å². The predicted octanol–water partition coefficient (Wildman–Crippen LogP) is 2.87. The lowest BCUT2D eigenvalue weighted by Crippen LogP contribution is -2.27. The van der Waals surface area contributed by atoms with Crippen molar-refractivity contribution in [3.05, 3.63) is 23.9 Å². The van der Waals surface area contributed by atoms with E-state index >= 15 is 0 Å². The van der Waals surface area contributed by atoms with Crippen LogP contribution in [0.3, 0.4) is 0 Å². The molecule has 17 heavy (non-hydrogen) atoms. The molecule has 0 unspecified atom stereocenters. The molecule has 1 aliphatic carbocycles. The molecule has 94 valence electrons. The van der Waals surface area contributed by atoms with Gasteiger partial charge in [-0.25, -0.2) is 4.98 Å². The van der Waals surface area contributed by atoms with E-state index in [0.29, 0.717) is 0 Å². The molecule has 1 aromatic heterocycles. The normalized spacial score (nSPS) is 16.9. The highest BCUT2D eigenvalue weighted by molar-refractivity contribution is 5.44. The first-order valence-corrected chi connectivity index (χ1v) is 6.70. The maximum absolute atomic E-state index is 5.93. The summed E-state index contributed by atoms with van der Waals surface area (Å²) in [6, 6.07) is 4.97. The van der Waals surface area contributed by atoms with Gasteiger partial charge in [-0.2, -0.15) is 0 Å². The van der Waals surface area contributed by atoms with E-state index < -0.39 is 0 Å². The van der Waals surface area contributed by atoms with Crippen LogP contribution in [0.2, 0.25) is 0 Å². The highest BCUT2D eigenvalue weighted by Crippen LogP contribution is 2.31. The van der Waals surface area contributed by atoms with Gasteiger partial charge in [-0.1, -0.05) is 13.3 Å². The van der Waals surface area contributed by atoms with E-state index in [-0.39, 0.29) is 6.04 Å². The molecule has 0 bridgehead atoms. The molecular formula is C14H23N3. The second kappa shape index (κ2) is 5.50. The lowest BCUT2D eigenvalue weighted by Gasteiger charge is -2.24. The molecule has 0 radical (unpaired) electrons. The SMILES string of the molecule is CCCCN(c1cc([C@@H](C)N)ccn1)C1CC1. The van der Waals surface area contributed by atoms with Crippen molar-refractivity contribution in [3.63, 3.8) is 0 Å². The van der Waals surface area contributed by atoms with Crippen LogP contribution in [0.4, 0.5) is 5.82 Å². The lowest BCUT2D eigenvalue weighted by molar-refractivity contribution is 0.702. The fourth-order valence-electron chi connectivity index (χ4n) is 2.07. The molecule has 1 aromatic rings. The number of pyridine rings is 1. The fraction of sp³-hybridized carbons (Fsp3) is 0.643. The van der Waals surface area contributed by atoms with Crippen LogP contribution in [0.15, 0.2) is 18.3 Å². The van der Waals surface area contributed by atoms with Gasteiger partial charge < -0.3 is 10.6 Å². The average molecular weight is 233 g/mol. The van der Waals surface area contributed by atoms with Crippen molar-refractivity contribution in [1.82, 2.24) is 4.98 Å². The number of nitrogens with two attached hydrogens (primary N) is 1. The molecule has 0 aromatic carbocycles. The first-order valence-electron chi connectivity index (χ1n) is 6.70. The van der Waals surface area contributed by atoms with E-state index in [1.807, 2.05) is 19.2 Å². The molecule has 1 atom stereocenters. The Kier molecular flexibility index (Phi) is 4.00. The van der Waals surface area contributed by atoms with E-state index in [4.69, 9.17) is 5.73 Å². The topological polar surface area (TPSA) is 42.1 Å². The van der Waals surface area contributed by atoms with Gasteiger partial charge in [-0.3, -0.25) is 0 Å². The van der Waals surface area contributed by atoms with Crippen LogP contribution in [0.1, 0.15) is 51.1 Å². The summed E-state index contributed by atoms with van der Waals surface area (Å²) < 4.78 is 0. The Labute approximate surface area is 104 Å². The molecule has 0 saturated heterocycles. The van der Waals surface area contributed by atoms with Gasteiger partial charge in [0.2, 0.25) is 0 Å². The highest BCUT2D eigenvalue weighted by Gasteiger charge is 2.29. The Morgan fingerprint density at radius 2 is 2.29 bits per heavy atom. The Morgan fingerprint density at radius 1 is 1.53 bits per heavy atom. The summed E-state index contributed by atoms with van der Waals surface area (Å²) in [6.45, 7) is 5.38. The summed E-state index contributed by atoms with van der Waals surface area (Å²) in [7, 11) is 0. The zero-order valence-corrected chi connectivity index (χ0v) is 10.9. The summed E-state index contributed by atoms with van der Waals surface area (Å²) in [4.78, 5) is 6.96. The first kappa shape index (κ1) is 12.4. The van der Waals surface area contributed by atoms with Crippen molar-refractivity contribution in [2.45, 2.75) is 51.6 Å². The molecule has 0 spiro atoms. The van der Waals surface area contributed by atoms with E-state index in [2.05, 4.69) is 22.9 Å². The molecule has 1 heterocycles. The van der Waals surface area contributed by atoms with Gasteiger partial charge in [0.05, 0.1) is 0 Å². The summed E-state index contributed by atoms with van der Waals surface area (Å²) in [5.41, 5.74) is 7.11. The zero-order valence-electron chi connectivity index (χ0n) is 10.9. The summed E-state index contributed by atoms with van der Waals surface area (Å²) >= 11 is 0. The molecule has 3 heteroatoms. The zero-order chi connectivity index (χ0) is 12.3. The Hall–Kier alpha value is -1.09. The van der Waals surface area contributed by atoms with Crippen LogP contribution in [0.5, 0.6) is 0 Å². The molecule has 0 aliphatic heterocycles. The minimum Gasteiger partial charge on any atom is -0.354 e. The van der Waals surface area contributed by atoms with Crippen LogP contribution < -0.4 is 10.6 Å². The van der Waals surface area contributed by atoms with Gasteiger partial charge >= 0.3 is 0 Å². The van der Waals surface area contributed by atoms with Crippen LogP contribution in [0, 0.1) is 0 Å². The number of unbranched alkanes of at least 4 members (excludes halogenated alkanes) is 1. The Bertz CT molecular complexity index is 358. The second-order valence-electron chi connectivity index (χ2n) is 5.01. The monoisotopic (exact) mass is 233 g/mol. The Morgan fingerprint density at radius 3 is 2.88 bits per heavy atom. The minimum absolute atomic E-state index is 0.0870. The molecule has 3 nitrogen and oxygen atoms in total. The number of nitrogens with zero attached hydrogens (tertiary/aromatic N) is 2. The molecule has 2 N–H and O–H groups in total.